The van der Waals surface area contributed by atoms with Crippen LogP contribution < -0.4 is 19.5 Å². The number of para-hydroxylation sites is 1. The Balaban J connectivity index is 1.15. The second-order valence-electron chi connectivity index (χ2n) is 7.47. The zero-order valence-electron chi connectivity index (χ0n) is 16.5. The van der Waals surface area contributed by atoms with Gasteiger partial charge in [-0.1, -0.05) is 30.3 Å². The highest BCUT2D eigenvalue weighted by atomic mass is 16.7. The van der Waals surface area contributed by atoms with Crippen molar-refractivity contribution in [1.29, 1.82) is 0 Å². The minimum Gasteiger partial charge on any atom is -0.487 e. The lowest BCUT2D eigenvalue weighted by Gasteiger charge is -2.13. The summed E-state index contributed by atoms with van der Waals surface area (Å²) in [6.07, 6.45) is 5.39. The third kappa shape index (κ3) is 3.81. The van der Waals surface area contributed by atoms with Crippen LogP contribution in [0.1, 0.15) is 17.5 Å². The van der Waals surface area contributed by atoms with Gasteiger partial charge in [0.05, 0.1) is 6.54 Å². The number of carbonyl (C=O) groups excluding carboxylic acids is 1. The van der Waals surface area contributed by atoms with Crippen molar-refractivity contribution in [2.75, 3.05) is 13.3 Å². The maximum Gasteiger partial charge on any atom is 0.231 e. The summed E-state index contributed by atoms with van der Waals surface area (Å²) in [6, 6.07) is 15.9. The van der Waals surface area contributed by atoms with Crippen molar-refractivity contribution in [3.05, 3.63) is 72.1 Å². The van der Waals surface area contributed by atoms with E-state index in [1.807, 2.05) is 48.7 Å². The van der Waals surface area contributed by atoms with E-state index >= 15 is 0 Å². The van der Waals surface area contributed by atoms with E-state index in [-0.39, 0.29) is 18.8 Å². The van der Waals surface area contributed by atoms with Crippen LogP contribution in [0.5, 0.6) is 17.2 Å². The van der Waals surface area contributed by atoms with Gasteiger partial charge in [-0.15, -0.1) is 0 Å². The van der Waals surface area contributed by atoms with Crippen molar-refractivity contribution in [2.45, 2.75) is 25.4 Å². The maximum atomic E-state index is 12.3. The molecule has 1 atom stereocenters. The van der Waals surface area contributed by atoms with E-state index in [2.05, 4.69) is 16.4 Å². The van der Waals surface area contributed by atoms with Gasteiger partial charge >= 0.3 is 0 Å². The highest BCUT2D eigenvalue weighted by Crippen LogP contribution is 2.38. The van der Waals surface area contributed by atoms with Crippen molar-refractivity contribution in [3.63, 3.8) is 0 Å². The smallest absolute Gasteiger partial charge is 0.231 e. The average molecular weight is 402 g/mol. The zero-order valence-corrected chi connectivity index (χ0v) is 16.5. The van der Waals surface area contributed by atoms with E-state index in [4.69, 9.17) is 14.2 Å². The number of nitrogens with zero attached hydrogens (tertiary/aromatic N) is 1. The molecule has 0 spiro atoms. The van der Waals surface area contributed by atoms with Crippen LogP contribution in [0, 0.1) is 0 Å². The highest BCUT2D eigenvalue weighted by Gasteiger charge is 2.26. The monoisotopic (exact) mass is 402 g/mol. The lowest BCUT2D eigenvalue weighted by Crippen LogP contribution is -2.34. The number of hydrogen-bond donors (Lipinski definition) is 1. The van der Waals surface area contributed by atoms with Crippen LogP contribution in [0.3, 0.4) is 0 Å². The predicted octanol–water partition coefficient (Wildman–Crippen LogP) is 3.53. The number of carbonyl (C=O) groups is 1. The number of aryl methyl sites for hydroxylation is 1. The van der Waals surface area contributed by atoms with Crippen molar-refractivity contribution in [3.8, 4) is 28.4 Å². The molecular weight excluding hydrogens is 380 g/mol. The van der Waals surface area contributed by atoms with Crippen LogP contribution in [0.25, 0.3) is 11.1 Å². The summed E-state index contributed by atoms with van der Waals surface area (Å²) in [5, 5.41) is 3.01. The van der Waals surface area contributed by atoms with Crippen molar-refractivity contribution in [2.24, 2.45) is 0 Å². The molecule has 0 radical (unpaired) electrons. The van der Waals surface area contributed by atoms with E-state index < -0.39 is 0 Å². The van der Waals surface area contributed by atoms with Gasteiger partial charge in [-0.3, -0.25) is 9.78 Å². The Bertz CT molecular complexity index is 1070. The molecule has 0 unspecified atom stereocenters. The Kier molecular flexibility index (Phi) is 4.97. The summed E-state index contributed by atoms with van der Waals surface area (Å²) in [7, 11) is 0. The van der Waals surface area contributed by atoms with Gasteiger partial charge in [-0.25, -0.2) is 0 Å². The summed E-state index contributed by atoms with van der Waals surface area (Å²) in [5.74, 6) is 2.41. The van der Waals surface area contributed by atoms with Gasteiger partial charge in [-0.2, -0.15) is 0 Å². The molecule has 1 aromatic heterocycles. The molecule has 0 fully saturated rings. The molecule has 152 valence electrons. The van der Waals surface area contributed by atoms with Crippen molar-refractivity contribution in [1.82, 2.24) is 10.3 Å². The molecule has 0 saturated carbocycles. The molecule has 0 saturated heterocycles. The average Bonchev–Trinajstić information content (AvgIpc) is 3.42. The van der Waals surface area contributed by atoms with Gasteiger partial charge in [0.1, 0.15) is 11.9 Å². The van der Waals surface area contributed by atoms with Crippen molar-refractivity contribution < 1.29 is 19.0 Å². The van der Waals surface area contributed by atoms with Crippen LogP contribution in [-0.2, 0) is 17.6 Å². The lowest BCUT2D eigenvalue weighted by molar-refractivity contribution is -0.121. The normalized spacial score (nSPS) is 16.1. The topological polar surface area (TPSA) is 69.7 Å². The first-order valence-electron chi connectivity index (χ1n) is 10.1. The number of amides is 1. The molecule has 5 rings (SSSR count). The first-order valence-corrected chi connectivity index (χ1v) is 10.1. The molecule has 0 aliphatic carbocycles. The van der Waals surface area contributed by atoms with E-state index in [0.29, 0.717) is 19.4 Å². The van der Waals surface area contributed by atoms with Crippen molar-refractivity contribution >= 4 is 5.91 Å². The molecule has 3 aromatic rings. The zero-order chi connectivity index (χ0) is 20.3. The van der Waals surface area contributed by atoms with E-state index in [1.54, 1.807) is 6.20 Å². The molecule has 1 N–H and O–H groups in total. The Morgan fingerprint density at radius 2 is 2.03 bits per heavy atom. The third-order valence-corrected chi connectivity index (χ3v) is 5.41. The number of rotatable bonds is 6. The molecule has 2 aliphatic heterocycles. The number of nitrogens with one attached hydrogen (secondary N) is 1. The van der Waals surface area contributed by atoms with Crippen LogP contribution in [0.15, 0.2) is 60.9 Å². The third-order valence-electron chi connectivity index (χ3n) is 5.41. The molecule has 6 nitrogen and oxygen atoms in total. The molecule has 30 heavy (non-hydrogen) atoms. The van der Waals surface area contributed by atoms with Gasteiger partial charge in [0.25, 0.3) is 0 Å². The van der Waals surface area contributed by atoms with Crippen LogP contribution in [0.4, 0.5) is 0 Å². The predicted molar refractivity (Wildman–Crippen MR) is 112 cm³/mol. The Hall–Kier alpha value is -3.54. The van der Waals surface area contributed by atoms with Crippen LogP contribution >= 0.6 is 0 Å². The molecule has 6 heteroatoms. The number of fused-ring (bicyclic) bond motifs is 2. The Morgan fingerprint density at radius 1 is 1.10 bits per heavy atom. The molecular formula is C24H22N2O4. The number of pyridine rings is 1. The van der Waals surface area contributed by atoms with Gasteiger partial charge in [0, 0.05) is 36.4 Å². The number of ether oxygens (including phenoxy) is 3. The fourth-order valence-electron chi connectivity index (χ4n) is 3.87. The van der Waals surface area contributed by atoms with Gasteiger partial charge < -0.3 is 19.5 Å². The van der Waals surface area contributed by atoms with Gasteiger partial charge in [-0.05, 0) is 35.7 Å². The maximum absolute atomic E-state index is 12.3. The van der Waals surface area contributed by atoms with E-state index in [0.717, 1.165) is 45.9 Å². The quantitative estimate of drug-likeness (QED) is 0.683. The molecule has 2 aromatic carbocycles. The highest BCUT2D eigenvalue weighted by molar-refractivity contribution is 5.76. The minimum absolute atomic E-state index is 0.0136. The number of benzene rings is 2. The number of aromatic nitrogens is 1. The minimum atomic E-state index is -0.0627. The van der Waals surface area contributed by atoms with Crippen LogP contribution in [0.2, 0.25) is 0 Å². The SMILES string of the molecule is O=C(CCc1ccc2c(c1)OCO2)NC[C@@H]1Cc2cccc(-c3cccnc3)c2O1. The fourth-order valence-corrected chi connectivity index (χ4v) is 3.87. The number of hydrogen-bond acceptors (Lipinski definition) is 5. The summed E-state index contributed by atoms with van der Waals surface area (Å²) in [6.45, 7) is 0.743. The first kappa shape index (κ1) is 18.5. The molecule has 2 aliphatic rings. The van der Waals surface area contributed by atoms with E-state index in [1.165, 1.54) is 0 Å². The lowest BCUT2D eigenvalue weighted by atomic mass is 10.0. The summed E-state index contributed by atoms with van der Waals surface area (Å²) in [5.41, 5.74) is 4.29. The molecule has 0 bridgehead atoms. The van der Waals surface area contributed by atoms with Gasteiger partial charge in [0.15, 0.2) is 11.5 Å². The largest absolute Gasteiger partial charge is 0.487 e. The summed E-state index contributed by atoms with van der Waals surface area (Å²) >= 11 is 0. The van der Waals surface area contributed by atoms with Crippen LogP contribution in [-0.4, -0.2) is 30.3 Å². The fraction of sp³-hybridized carbons (Fsp3) is 0.250. The Morgan fingerprint density at radius 3 is 2.93 bits per heavy atom. The molecule has 3 heterocycles. The van der Waals surface area contributed by atoms with E-state index in [9.17, 15) is 4.79 Å². The summed E-state index contributed by atoms with van der Waals surface area (Å²) < 4.78 is 16.9. The van der Waals surface area contributed by atoms with Gasteiger partial charge in [0.2, 0.25) is 12.7 Å². The first-order chi connectivity index (χ1) is 14.8. The molecule has 1 amide bonds. The second-order valence-corrected chi connectivity index (χ2v) is 7.47. The Labute approximate surface area is 174 Å². The summed E-state index contributed by atoms with van der Waals surface area (Å²) in [4.78, 5) is 16.5. The second kappa shape index (κ2) is 8.06. The standard InChI is InChI=1S/C24H22N2O4/c27-23(9-7-16-6-8-21-22(11-16)29-15-28-21)26-14-19-12-17-3-1-5-20(24(17)30-19)18-4-2-10-25-13-18/h1-6,8,10-11,13,19H,7,9,12,14-15H2,(H,26,27)/t19-/m0/s1.